The Kier molecular flexibility index (Phi) is 8.05. The molecule has 0 spiro atoms. The van der Waals surface area contributed by atoms with E-state index in [-0.39, 0.29) is 23.3 Å². The maximum Gasteiger partial charge on any atom is 0.241 e. The van der Waals surface area contributed by atoms with E-state index < -0.39 is 10.0 Å². The molecule has 0 aliphatic carbocycles. The van der Waals surface area contributed by atoms with Gasteiger partial charge in [-0.05, 0) is 41.5 Å². The van der Waals surface area contributed by atoms with Crippen molar-refractivity contribution in [1.82, 2.24) is 10.0 Å². The largest absolute Gasteiger partial charge is 0.313 e. The summed E-state index contributed by atoms with van der Waals surface area (Å²) in [6, 6.07) is 6.88. The summed E-state index contributed by atoms with van der Waals surface area (Å²) in [7, 11) is -3.44. The van der Waals surface area contributed by atoms with Crippen LogP contribution in [0.1, 0.15) is 13.8 Å². The predicted octanol–water partition coefficient (Wildman–Crippen LogP) is 2.15. The second-order valence-electron chi connectivity index (χ2n) is 3.74. The topological polar surface area (TPSA) is 58.2 Å². The summed E-state index contributed by atoms with van der Waals surface area (Å²) in [5.74, 6) is 0. The van der Waals surface area contributed by atoms with Gasteiger partial charge in [-0.2, -0.15) is 0 Å². The molecule has 104 valence electrons. The number of sulfonamides is 1. The lowest BCUT2D eigenvalue weighted by molar-refractivity contribution is 0.536. The van der Waals surface area contributed by atoms with Crippen LogP contribution in [0.3, 0.4) is 0 Å². The van der Waals surface area contributed by atoms with Crippen LogP contribution in [0.15, 0.2) is 33.6 Å². The summed E-state index contributed by atoms with van der Waals surface area (Å²) in [6.07, 6.45) is 0. The molecule has 7 heteroatoms. The minimum atomic E-state index is -3.44. The molecule has 1 rings (SSSR count). The van der Waals surface area contributed by atoms with Crippen LogP contribution in [0.25, 0.3) is 0 Å². The molecule has 0 unspecified atom stereocenters. The zero-order chi connectivity index (χ0) is 12.9. The van der Waals surface area contributed by atoms with Gasteiger partial charge in [0.25, 0.3) is 0 Å². The molecule has 0 bridgehead atoms. The van der Waals surface area contributed by atoms with Gasteiger partial charge in [-0.25, -0.2) is 13.1 Å². The Balaban J connectivity index is 0.00000289. The molecule has 0 fully saturated rings. The van der Waals surface area contributed by atoms with Crippen molar-refractivity contribution in [3.05, 3.63) is 28.7 Å². The molecule has 0 aliphatic rings. The average molecular weight is 358 g/mol. The van der Waals surface area contributed by atoms with Gasteiger partial charge >= 0.3 is 0 Å². The van der Waals surface area contributed by atoms with Gasteiger partial charge in [-0.15, -0.1) is 12.4 Å². The lowest BCUT2D eigenvalue weighted by Gasteiger charge is -2.14. The van der Waals surface area contributed by atoms with Gasteiger partial charge in [-0.3, -0.25) is 0 Å². The van der Waals surface area contributed by atoms with Crippen molar-refractivity contribution in [3.8, 4) is 0 Å². The Labute approximate surface area is 123 Å². The summed E-state index contributed by atoms with van der Waals surface area (Å²) in [4.78, 5) is 0.267. The molecular formula is C11H18BrClN2O2S. The first kappa shape index (κ1) is 17.9. The van der Waals surface area contributed by atoms with E-state index in [1.807, 2.05) is 13.8 Å². The Hall–Kier alpha value is -0.140. The summed E-state index contributed by atoms with van der Waals surface area (Å²) in [6.45, 7) is 5.11. The molecule has 0 heterocycles. The number of hydrogen-bond donors (Lipinski definition) is 2. The van der Waals surface area contributed by atoms with E-state index in [0.29, 0.717) is 11.0 Å². The van der Waals surface area contributed by atoms with Crippen molar-refractivity contribution in [1.29, 1.82) is 0 Å². The second kappa shape index (κ2) is 8.12. The summed E-state index contributed by atoms with van der Waals surface area (Å²) < 4.78 is 27.1. The third-order valence-electron chi connectivity index (χ3n) is 2.26. The number of rotatable bonds is 6. The zero-order valence-corrected chi connectivity index (χ0v) is 13.5. The first-order valence-electron chi connectivity index (χ1n) is 5.45. The zero-order valence-electron chi connectivity index (χ0n) is 10.3. The van der Waals surface area contributed by atoms with E-state index in [2.05, 4.69) is 26.0 Å². The Morgan fingerprint density at radius 3 is 2.50 bits per heavy atom. The highest BCUT2D eigenvalue weighted by Gasteiger charge is 2.17. The van der Waals surface area contributed by atoms with Crippen LogP contribution in [-0.4, -0.2) is 27.5 Å². The molecule has 0 aromatic heterocycles. The van der Waals surface area contributed by atoms with Crippen LogP contribution in [0.4, 0.5) is 0 Å². The monoisotopic (exact) mass is 356 g/mol. The van der Waals surface area contributed by atoms with E-state index in [1.54, 1.807) is 24.3 Å². The predicted molar refractivity (Wildman–Crippen MR) is 79.7 cm³/mol. The fraction of sp³-hybridized carbons (Fsp3) is 0.455. The molecule has 0 radical (unpaired) electrons. The number of nitrogens with one attached hydrogen (secondary N) is 2. The van der Waals surface area contributed by atoms with Crippen LogP contribution in [0.5, 0.6) is 0 Å². The van der Waals surface area contributed by atoms with Gasteiger partial charge in [0.15, 0.2) is 0 Å². The van der Waals surface area contributed by atoms with E-state index in [4.69, 9.17) is 0 Å². The number of benzene rings is 1. The molecule has 1 aromatic rings. The van der Waals surface area contributed by atoms with E-state index in [1.165, 1.54) is 0 Å². The summed E-state index contributed by atoms with van der Waals surface area (Å²) >= 11 is 3.24. The molecule has 0 amide bonds. The van der Waals surface area contributed by atoms with Crippen molar-refractivity contribution in [2.75, 3.05) is 13.1 Å². The Morgan fingerprint density at radius 1 is 1.33 bits per heavy atom. The highest BCUT2D eigenvalue weighted by atomic mass is 79.9. The van der Waals surface area contributed by atoms with Crippen LogP contribution in [-0.2, 0) is 10.0 Å². The molecule has 1 atom stereocenters. The first-order chi connectivity index (χ1) is 7.97. The van der Waals surface area contributed by atoms with Crippen molar-refractivity contribution in [2.45, 2.75) is 24.8 Å². The molecule has 4 nitrogen and oxygen atoms in total. The smallest absolute Gasteiger partial charge is 0.241 e. The third-order valence-corrected chi connectivity index (χ3v) is 4.69. The minimum absolute atomic E-state index is 0. The Morgan fingerprint density at radius 2 is 1.94 bits per heavy atom. The summed E-state index contributed by atoms with van der Waals surface area (Å²) in [5, 5.41) is 3.15. The lowest BCUT2D eigenvalue weighted by atomic mass is 10.3. The van der Waals surface area contributed by atoms with Crippen molar-refractivity contribution in [3.63, 3.8) is 0 Å². The van der Waals surface area contributed by atoms with Crippen LogP contribution >= 0.6 is 28.3 Å². The van der Waals surface area contributed by atoms with Crippen molar-refractivity contribution in [2.24, 2.45) is 0 Å². The van der Waals surface area contributed by atoms with E-state index in [0.717, 1.165) is 6.54 Å². The lowest BCUT2D eigenvalue weighted by Crippen LogP contribution is -2.38. The molecule has 1 aromatic carbocycles. The second-order valence-corrected chi connectivity index (χ2v) is 6.33. The van der Waals surface area contributed by atoms with E-state index >= 15 is 0 Å². The molecule has 18 heavy (non-hydrogen) atoms. The normalized spacial score (nSPS) is 12.8. The van der Waals surface area contributed by atoms with Crippen molar-refractivity contribution < 1.29 is 8.42 Å². The quantitative estimate of drug-likeness (QED) is 0.820. The Bertz CT molecular complexity index is 468. The van der Waals surface area contributed by atoms with Crippen molar-refractivity contribution >= 4 is 38.4 Å². The number of likely N-dealkylation sites (N-methyl/N-ethyl adjacent to an activating group) is 1. The third kappa shape index (κ3) is 5.24. The standard InChI is InChI=1S/C11H17BrN2O2S.ClH/c1-3-13-9(2)8-14-17(15,16)11-7-5-4-6-10(11)12;/h4-7,9,13-14H,3,8H2,1-2H3;1H/t9-;/m1./s1. The fourth-order valence-corrected chi connectivity index (χ4v) is 3.53. The minimum Gasteiger partial charge on any atom is -0.313 e. The first-order valence-corrected chi connectivity index (χ1v) is 7.72. The van der Waals surface area contributed by atoms with Gasteiger partial charge < -0.3 is 5.32 Å². The SMILES string of the molecule is CCN[C@H](C)CNS(=O)(=O)c1ccccc1Br.Cl. The van der Waals surface area contributed by atoms with Crippen LogP contribution in [0.2, 0.25) is 0 Å². The molecular weight excluding hydrogens is 340 g/mol. The number of hydrogen-bond acceptors (Lipinski definition) is 3. The van der Waals surface area contributed by atoms with Gasteiger partial charge in [-0.1, -0.05) is 19.1 Å². The van der Waals surface area contributed by atoms with Gasteiger partial charge in [0.2, 0.25) is 10.0 Å². The maximum absolute atomic E-state index is 12.0. The van der Waals surface area contributed by atoms with Gasteiger partial charge in [0.05, 0.1) is 4.90 Å². The highest BCUT2D eigenvalue weighted by molar-refractivity contribution is 9.10. The van der Waals surface area contributed by atoms with Gasteiger partial charge in [0.1, 0.15) is 0 Å². The highest BCUT2D eigenvalue weighted by Crippen LogP contribution is 2.20. The molecule has 0 aliphatic heterocycles. The average Bonchev–Trinajstić information content (AvgIpc) is 2.27. The molecule has 0 saturated heterocycles. The van der Waals surface area contributed by atoms with Gasteiger partial charge in [0, 0.05) is 17.1 Å². The molecule has 0 saturated carbocycles. The van der Waals surface area contributed by atoms with Crippen LogP contribution in [0, 0.1) is 0 Å². The maximum atomic E-state index is 12.0. The number of halogens is 2. The molecule has 2 N–H and O–H groups in total. The summed E-state index contributed by atoms with van der Waals surface area (Å²) in [5.41, 5.74) is 0. The van der Waals surface area contributed by atoms with E-state index in [9.17, 15) is 8.42 Å². The van der Waals surface area contributed by atoms with Crippen LogP contribution < -0.4 is 10.0 Å². The fourth-order valence-electron chi connectivity index (χ4n) is 1.40.